The van der Waals surface area contributed by atoms with Crippen LogP contribution in [-0.4, -0.2) is 11.7 Å². The van der Waals surface area contributed by atoms with Gasteiger partial charge in [0.1, 0.15) is 0 Å². The molecule has 0 heterocycles. The molecule has 0 aromatic rings. The largest absolute Gasteiger partial charge is 0.392 e. The quantitative estimate of drug-likeness (QED) is 0.604. The number of hydrogen-bond donors (Lipinski definition) is 1. The number of allylic oxidation sites excluding steroid dienone is 10. The Morgan fingerprint density at radius 3 is 1.50 bits per heavy atom. The molecule has 0 aliphatic carbocycles. The summed E-state index contributed by atoms with van der Waals surface area (Å²) in [6.45, 7) is 22.8. The Bertz CT molecular complexity index is 522. The maximum atomic E-state index is 8.84. The number of aliphatic hydroxyl groups excluding tert-OH is 1. The molecule has 0 aromatic carbocycles. The molecule has 0 saturated carbocycles. The minimum atomic E-state index is -0.0711. The zero-order chi connectivity index (χ0) is 15.5. The Balaban J connectivity index is 4.60. The molecule has 0 amide bonds. The van der Waals surface area contributed by atoms with E-state index >= 15 is 0 Å². The minimum absolute atomic E-state index is 0.0711. The summed E-state index contributed by atoms with van der Waals surface area (Å²) in [7, 11) is 0. The molecule has 1 N–H and O–H groups in total. The smallest absolute Gasteiger partial charge is 0.0676 e. The maximum Gasteiger partial charge on any atom is 0.0676 e. The summed E-state index contributed by atoms with van der Waals surface area (Å²) >= 11 is 0. The molecule has 0 aromatic heterocycles. The average molecular weight is 266 g/mol. The predicted molar refractivity (Wildman–Crippen MR) is 90.4 cm³/mol. The lowest BCUT2D eigenvalue weighted by Gasteiger charge is -2.01. The van der Waals surface area contributed by atoms with Crippen LogP contribution >= 0.6 is 0 Å². The van der Waals surface area contributed by atoms with Crippen molar-refractivity contribution in [3.05, 3.63) is 110 Å². The monoisotopic (exact) mass is 266 g/mol. The van der Waals surface area contributed by atoms with Crippen molar-refractivity contribution >= 4 is 0 Å². The Morgan fingerprint density at radius 2 is 1.10 bits per heavy atom. The van der Waals surface area contributed by atoms with E-state index in [4.69, 9.17) is 5.11 Å². The van der Waals surface area contributed by atoms with Crippen LogP contribution in [0.2, 0.25) is 0 Å². The van der Waals surface area contributed by atoms with Gasteiger partial charge in [-0.15, -0.1) is 0 Å². The summed E-state index contributed by atoms with van der Waals surface area (Å²) in [5, 5.41) is 8.84. The molecule has 0 atom stereocenters. The van der Waals surface area contributed by atoms with Gasteiger partial charge in [0, 0.05) is 0 Å². The van der Waals surface area contributed by atoms with Crippen LogP contribution < -0.4 is 0 Å². The van der Waals surface area contributed by atoms with E-state index in [1.165, 1.54) is 0 Å². The standard InChI is InChI=1S/C19H22O/c1-7-8-9-16(3)18(5)12-13-19(6)17(4)11-10-15(2)14-20/h7-13,20H,1-6,14H2/b9-8-,11-10-,13-12-. The van der Waals surface area contributed by atoms with Crippen molar-refractivity contribution in [2.75, 3.05) is 6.61 Å². The Morgan fingerprint density at radius 1 is 0.700 bits per heavy atom. The third kappa shape index (κ3) is 7.14. The molecule has 0 aliphatic rings. The molecule has 0 radical (unpaired) electrons. The lowest BCUT2D eigenvalue weighted by molar-refractivity contribution is 0.335. The molecular formula is C19H22O. The van der Waals surface area contributed by atoms with Gasteiger partial charge in [0.05, 0.1) is 6.61 Å². The highest BCUT2D eigenvalue weighted by molar-refractivity contribution is 5.49. The predicted octanol–water partition coefficient (Wildman–Crippen LogP) is 4.61. The molecule has 0 aliphatic heterocycles. The summed E-state index contributed by atoms with van der Waals surface area (Å²) < 4.78 is 0. The van der Waals surface area contributed by atoms with Crippen molar-refractivity contribution in [1.29, 1.82) is 0 Å². The van der Waals surface area contributed by atoms with E-state index in [-0.39, 0.29) is 6.61 Å². The first-order chi connectivity index (χ1) is 9.42. The SMILES string of the molecule is C=C/C=C\C(=C)C(=C)/C=C\C(=C)C(=C)/C=C\C(=C)CO. The summed E-state index contributed by atoms with van der Waals surface area (Å²) in [5.41, 5.74) is 3.73. The lowest BCUT2D eigenvalue weighted by atomic mass is 10.0. The van der Waals surface area contributed by atoms with Crippen molar-refractivity contribution < 1.29 is 5.11 Å². The van der Waals surface area contributed by atoms with E-state index in [9.17, 15) is 0 Å². The fraction of sp³-hybridized carbons (Fsp3) is 0.0526. The van der Waals surface area contributed by atoms with Crippen molar-refractivity contribution in [3.8, 4) is 0 Å². The molecule has 0 bridgehead atoms. The fourth-order valence-electron chi connectivity index (χ4n) is 1.08. The van der Waals surface area contributed by atoms with E-state index in [0.717, 1.165) is 22.3 Å². The van der Waals surface area contributed by atoms with Crippen LogP contribution in [0.5, 0.6) is 0 Å². The zero-order valence-electron chi connectivity index (χ0n) is 11.9. The van der Waals surface area contributed by atoms with Crippen molar-refractivity contribution in [2.45, 2.75) is 0 Å². The second kappa shape index (κ2) is 9.54. The molecule has 0 unspecified atom stereocenters. The van der Waals surface area contributed by atoms with E-state index in [1.807, 2.05) is 18.2 Å². The van der Waals surface area contributed by atoms with E-state index in [0.29, 0.717) is 5.57 Å². The topological polar surface area (TPSA) is 20.2 Å². The first-order valence-corrected chi connectivity index (χ1v) is 6.12. The molecular weight excluding hydrogens is 244 g/mol. The third-order valence-corrected chi connectivity index (χ3v) is 2.47. The lowest BCUT2D eigenvalue weighted by Crippen LogP contribution is -1.84. The normalized spacial score (nSPS) is 11.1. The van der Waals surface area contributed by atoms with E-state index in [2.05, 4.69) is 39.5 Å². The van der Waals surface area contributed by atoms with Gasteiger partial charge in [-0.2, -0.15) is 0 Å². The van der Waals surface area contributed by atoms with Crippen LogP contribution in [0.15, 0.2) is 110 Å². The number of aliphatic hydroxyl groups is 1. The first-order valence-electron chi connectivity index (χ1n) is 6.12. The van der Waals surface area contributed by atoms with Crippen LogP contribution in [-0.2, 0) is 0 Å². The average Bonchev–Trinajstić information content (AvgIpc) is 2.46. The van der Waals surface area contributed by atoms with Gasteiger partial charge < -0.3 is 5.11 Å². The molecule has 0 fully saturated rings. The van der Waals surface area contributed by atoms with Gasteiger partial charge in [-0.1, -0.05) is 82.0 Å². The van der Waals surface area contributed by atoms with Crippen LogP contribution in [0.3, 0.4) is 0 Å². The highest BCUT2D eigenvalue weighted by Crippen LogP contribution is 2.14. The summed E-state index contributed by atoms with van der Waals surface area (Å²) in [6, 6.07) is 0. The van der Waals surface area contributed by atoms with Crippen molar-refractivity contribution in [3.63, 3.8) is 0 Å². The summed E-state index contributed by atoms with van der Waals surface area (Å²) in [5.74, 6) is 0. The van der Waals surface area contributed by atoms with Crippen LogP contribution in [0, 0.1) is 0 Å². The van der Waals surface area contributed by atoms with Gasteiger partial charge in [0.25, 0.3) is 0 Å². The fourth-order valence-corrected chi connectivity index (χ4v) is 1.08. The molecule has 0 rings (SSSR count). The van der Waals surface area contributed by atoms with E-state index < -0.39 is 0 Å². The number of rotatable bonds is 9. The van der Waals surface area contributed by atoms with Crippen LogP contribution in [0.25, 0.3) is 0 Å². The van der Waals surface area contributed by atoms with Gasteiger partial charge in [-0.3, -0.25) is 0 Å². The highest BCUT2D eigenvalue weighted by atomic mass is 16.3. The maximum absolute atomic E-state index is 8.84. The minimum Gasteiger partial charge on any atom is -0.392 e. The van der Waals surface area contributed by atoms with Gasteiger partial charge in [-0.25, -0.2) is 0 Å². The van der Waals surface area contributed by atoms with Gasteiger partial charge >= 0.3 is 0 Å². The molecule has 20 heavy (non-hydrogen) atoms. The van der Waals surface area contributed by atoms with Crippen LogP contribution in [0.1, 0.15) is 0 Å². The molecule has 1 heteroatoms. The molecule has 104 valence electrons. The summed E-state index contributed by atoms with van der Waals surface area (Å²) in [6.07, 6.45) is 12.5. The zero-order valence-corrected chi connectivity index (χ0v) is 11.9. The number of hydrogen-bond acceptors (Lipinski definition) is 1. The second-order valence-corrected chi connectivity index (χ2v) is 4.18. The Labute approximate surface area is 122 Å². The third-order valence-electron chi connectivity index (χ3n) is 2.47. The van der Waals surface area contributed by atoms with E-state index in [1.54, 1.807) is 24.3 Å². The Hall–Kier alpha value is -2.38. The van der Waals surface area contributed by atoms with Gasteiger partial charge in [0.2, 0.25) is 0 Å². The molecule has 1 nitrogen and oxygen atoms in total. The highest BCUT2D eigenvalue weighted by Gasteiger charge is 1.95. The first kappa shape index (κ1) is 17.6. The van der Waals surface area contributed by atoms with Crippen molar-refractivity contribution in [2.24, 2.45) is 0 Å². The van der Waals surface area contributed by atoms with Gasteiger partial charge in [0.15, 0.2) is 0 Å². The second-order valence-electron chi connectivity index (χ2n) is 4.18. The summed E-state index contributed by atoms with van der Waals surface area (Å²) in [4.78, 5) is 0. The molecule has 0 spiro atoms. The Kier molecular flexibility index (Phi) is 8.40. The van der Waals surface area contributed by atoms with Gasteiger partial charge in [-0.05, 0) is 27.9 Å². The van der Waals surface area contributed by atoms with Crippen molar-refractivity contribution in [1.82, 2.24) is 0 Å². The molecule has 0 saturated heterocycles. The van der Waals surface area contributed by atoms with Crippen LogP contribution in [0.4, 0.5) is 0 Å².